The summed E-state index contributed by atoms with van der Waals surface area (Å²) in [6.45, 7) is 3.14. The van der Waals surface area contributed by atoms with Crippen molar-refractivity contribution in [3.63, 3.8) is 0 Å². The van der Waals surface area contributed by atoms with Gasteiger partial charge in [-0.25, -0.2) is 4.79 Å². The van der Waals surface area contributed by atoms with Crippen LogP contribution in [-0.2, 0) is 11.3 Å². The van der Waals surface area contributed by atoms with E-state index in [1.54, 1.807) is 25.3 Å². The van der Waals surface area contributed by atoms with Gasteiger partial charge in [0.15, 0.2) is 0 Å². The zero-order valence-electron chi connectivity index (χ0n) is 14.3. The van der Waals surface area contributed by atoms with Gasteiger partial charge in [-0.3, -0.25) is 4.90 Å². The molecule has 2 amide bonds. The van der Waals surface area contributed by atoms with Gasteiger partial charge in [0, 0.05) is 33.2 Å². The van der Waals surface area contributed by atoms with Crippen LogP contribution in [0.1, 0.15) is 25.0 Å². The molecule has 6 nitrogen and oxygen atoms in total. The molecule has 3 heterocycles. The lowest BCUT2D eigenvalue weighted by Gasteiger charge is -2.39. The first-order chi connectivity index (χ1) is 11.0. The number of urea groups is 1. The zero-order valence-corrected chi connectivity index (χ0v) is 14.3. The van der Waals surface area contributed by atoms with Gasteiger partial charge >= 0.3 is 6.03 Å². The number of ether oxygens (including phenoxy) is 1. The molecule has 0 saturated carbocycles. The first-order valence-corrected chi connectivity index (χ1v) is 8.32. The van der Waals surface area contributed by atoms with Gasteiger partial charge in [0.2, 0.25) is 0 Å². The minimum absolute atomic E-state index is 0.0504. The summed E-state index contributed by atoms with van der Waals surface area (Å²) in [5.74, 6) is 0.986. The van der Waals surface area contributed by atoms with Gasteiger partial charge in [-0.2, -0.15) is 0 Å². The van der Waals surface area contributed by atoms with Crippen LogP contribution in [0.2, 0.25) is 0 Å². The second-order valence-corrected chi connectivity index (χ2v) is 7.01. The molecular weight excluding hydrogens is 294 g/mol. The molecule has 3 rings (SSSR count). The van der Waals surface area contributed by atoms with Crippen molar-refractivity contribution in [1.29, 1.82) is 0 Å². The highest BCUT2D eigenvalue weighted by Crippen LogP contribution is 2.37. The van der Waals surface area contributed by atoms with Crippen LogP contribution < -0.4 is 0 Å². The highest BCUT2D eigenvalue weighted by atomic mass is 16.5. The second kappa shape index (κ2) is 6.53. The average molecular weight is 321 g/mol. The molecule has 2 aliphatic rings. The molecule has 0 N–H and O–H groups in total. The summed E-state index contributed by atoms with van der Waals surface area (Å²) in [7, 11) is 5.73. The molecule has 2 saturated heterocycles. The number of rotatable bonds is 3. The molecule has 0 aliphatic carbocycles. The summed E-state index contributed by atoms with van der Waals surface area (Å²) in [6.07, 6.45) is 4.61. The summed E-state index contributed by atoms with van der Waals surface area (Å²) in [5.41, 5.74) is -0.0504. The van der Waals surface area contributed by atoms with Gasteiger partial charge < -0.3 is 19.0 Å². The molecule has 1 aromatic rings. The predicted octanol–water partition coefficient (Wildman–Crippen LogP) is 2.02. The lowest BCUT2D eigenvalue weighted by Crippen LogP contribution is -2.49. The number of likely N-dealkylation sites (tertiary alicyclic amines) is 1. The topological polar surface area (TPSA) is 49.2 Å². The first-order valence-electron chi connectivity index (χ1n) is 8.32. The quantitative estimate of drug-likeness (QED) is 0.854. The molecule has 0 aromatic carbocycles. The van der Waals surface area contributed by atoms with Gasteiger partial charge in [0.25, 0.3) is 0 Å². The van der Waals surface area contributed by atoms with E-state index in [9.17, 15) is 4.79 Å². The summed E-state index contributed by atoms with van der Waals surface area (Å²) < 4.78 is 11.6. The van der Waals surface area contributed by atoms with E-state index in [4.69, 9.17) is 9.15 Å². The fourth-order valence-corrected chi connectivity index (χ4v) is 3.62. The molecule has 2 aliphatic heterocycles. The number of hydrogen-bond acceptors (Lipinski definition) is 4. The van der Waals surface area contributed by atoms with Crippen molar-refractivity contribution in [2.24, 2.45) is 0 Å². The number of amides is 2. The number of furan rings is 1. The van der Waals surface area contributed by atoms with Crippen molar-refractivity contribution in [2.75, 3.05) is 40.8 Å². The third-order valence-corrected chi connectivity index (χ3v) is 5.13. The Kier molecular flexibility index (Phi) is 4.64. The van der Waals surface area contributed by atoms with Crippen LogP contribution in [0.3, 0.4) is 0 Å². The minimum Gasteiger partial charge on any atom is -0.468 e. The monoisotopic (exact) mass is 321 g/mol. The van der Waals surface area contributed by atoms with E-state index < -0.39 is 0 Å². The highest BCUT2D eigenvalue weighted by molar-refractivity contribution is 5.73. The maximum atomic E-state index is 12.0. The number of hydrogen-bond donors (Lipinski definition) is 0. The molecule has 0 bridgehead atoms. The van der Waals surface area contributed by atoms with Crippen molar-refractivity contribution in [3.05, 3.63) is 24.2 Å². The molecule has 1 atom stereocenters. The summed E-state index contributed by atoms with van der Waals surface area (Å²) in [6, 6.07) is 4.45. The van der Waals surface area contributed by atoms with Crippen LogP contribution in [0.4, 0.5) is 4.79 Å². The van der Waals surface area contributed by atoms with Crippen molar-refractivity contribution in [1.82, 2.24) is 14.7 Å². The van der Waals surface area contributed by atoms with E-state index in [0.717, 1.165) is 51.3 Å². The lowest BCUT2D eigenvalue weighted by atomic mass is 9.87. The number of carbonyl (C=O) groups is 1. The second-order valence-electron chi connectivity index (χ2n) is 7.01. The van der Waals surface area contributed by atoms with E-state index in [-0.39, 0.29) is 11.6 Å². The van der Waals surface area contributed by atoms with Gasteiger partial charge in [0.05, 0.1) is 25.0 Å². The number of nitrogens with zero attached hydrogens (tertiary/aromatic N) is 3. The Morgan fingerprint density at radius 2 is 2.09 bits per heavy atom. The zero-order chi connectivity index (χ0) is 16.4. The fourth-order valence-electron chi connectivity index (χ4n) is 3.62. The first kappa shape index (κ1) is 16.3. The Balaban J connectivity index is 1.52. The number of likely N-dealkylation sites (N-methyl/N-ethyl adjacent to an activating group) is 1. The van der Waals surface area contributed by atoms with Crippen LogP contribution in [0.25, 0.3) is 0 Å². The smallest absolute Gasteiger partial charge is 0.319 e. The van der Waals surface area contributed by atoms with Gasteiger partial charge in [-0.15, -0.1) is 0 Å². The molecule has 0 radical (unpaired) electrons. The largest absolute Gasteiger partial charge is 0.468 e. The predicted molar refractivity (Wildman–Crippen MR) is 87.2 cm³/mol. The van der Waals surface area contributed by atoms with Crippen LogP contribution in [0.15, 0.2) is 22.8 Å². The molecular formula is C17H27N3O3. The number of carbonyl (C=O) groups excluding carboxylic acids is 1. The van der Waals surface area contributed by atoms with E-state index in [0.29, 0.717) is 6.04 Å². The lowest BCUT2D eigenvalue weighted by molar-refractivity contribution is -0.0381. The summed E-state index contributed by atoms with van der Waals surface area (Å²) in [5, 5.41) is 0. The van der Waals surface area contributed by atoms with Gasteiger partial charge in [-0.05, 0) is 38.4 Å². The Labute approximate surface area is 138 Å². The van der Waals surface area contributed by atoms with Gasteiger partial charge in [-0.1, -0.05) is 0 Å². The molecule has 6 heteroatoms. The molecule has 1 unspecified atom stereocenters. The van der Waals surface area contributed by atoms with Gasteiger partial charge in [0.1, 0.15) is 5.76 Å². The van der Waals surface area contributed by atoms with Crippen molar-refractivity contribution >= 4 is 6.03 Å². The Hall–Kier alpha value is -1.53. The van der Waals surface area contributed by atoms with Crippen molar-refractivity contribution in [2.45, 2.75) is 37.5 Å². The highest BCUT2D eigenvalue weighted by Gasteiger charge is 2.44. The Morgan fingerprint density at radius 1 is 1.35 bits per heavy atom. The average Bonchev–Trinajstić information content (AvgIpc) is 3.18. The van der Waals surface area contributed by atoms with Crippen LogP contribution >= 0.6 is 0 Å². The Morgan fingerprint density at radius 3 is 2.70 bits per heavy atom. The fraction of sp³-hybridized carbons (Fsp3) is 0.706. The normalized spacial score (nSPS) is 23.7. The van der Waals surface area contributed by atoms with Crippen LogP contribution in [0, 0.1) is 0 Å². The third-order valence-electron chi connectivity index (χ3n) is 5.13. The maximum absolute atomic E-state index is 12.0. The summed E-state index contributed by atoms with van der Waals surface area (Å²) in [4.78, 5) is 17.9. The number of piperidine rings is 1. The van der Waals surface area contributed by atoms with Crippen molar-refractivity contribution in [3.8, 4) is 0 Å². The SMILES string of the molecule is CN(C)C(=O)N1CCC2(CC1)CC(N(C)Cc1ccco1)CO2. The van der Waals surface area contributed by atoms with Crippen molar-refractivity contribution < 1.29 is 13.9 Å². The van der Waals surface area contributed by atoms with Crippen LogP contribution in [-0.4, -0.2) is 73.2 Å². The third kappa shape index (κ3) is 3.53. The van der Waals surface area contributed by atoms with E-state index in [1.807, 2.05) is 17.0 Å². The minimum atomic E-state index is -0.0504. The van der Waals surface area contributed by atoms with Crippen LogP contribution in [0.5, 0.6) is 0 Å². The van der Waals surface area contributed by atoms with E-state index in [2.05, 4.69) is 11.9 Å². The standard InChI is InChI=1S/C17H27N3O3/c1-18(2)16(21)20-8-6-17(7-9-20)11-14(13-23-17)19(3)12-15-5-4-10-22-15/h4-5,10,14H,6-9,11-13H2,1-3H3. The van der Waals surface area contributed by atoms with E-state index >= 15 is 0 Å². The molecule has 1 spiro atoms. The molecule has 128 valence electrons. The molecule has 1 aromatic heterocycles. The molecule has 23 heavy (non-hydrogen) atoms. The Bertz CT molecular complexity index is 521. The summed E-state index contributed by atoms with van der Waals surface area (Å²) >= 11 is 0. The maximum Gasteiger partial charge on any atom is 0.319 e. The molecule has 2 fully saturated rings. The van der Waals surface area contributed by atoms with E-state index in [1.165, 1.54) is 0 Å².